The fraction of sp³-hybridized carbons (Fsp3) is 0.875. The van der Waals surface area contributed by atoms with Crippen molar-refractivity contribution < 1.29 is 0 Å². The van der Waals surface area contributed by atoms with Gasteiger partial charge in [0, 0.05) is 18.5 Å². The molecule has 0 aromatic rings. The highest BCUT2D eigenvalue weighted by molar-refractivity contribution is 5.06. The van der Waals surface area contributed by atoms with Crippen LogP contribution in [0.5, 0.6) is 0 Å². The van der Waals surface area contributed by atoms with Gasteiger partial charge in [0.05, 0.1) is 0 Å². The van der Waals surface area contributed by atoms with Gasteiger partial charge in [-0.1, -0.05) is 33.6 Å². The number of likely N-dealkylation sites (tertiary alicyclic amines) is 1. The molecule has 0 N–H and O–H groups in total. The van der Waals surface area contributed by atoms with Crippen LogP contribution in [-0.2, 0) is 0 Å². The van der Waals surface area contributed by atoms with Gasteiger partial charge in [-0.3, -0.25) is 0 Å². The zero-order chi connectivity index (χ0) is 13.2. The predicted octanol–water partition coefficient (Wildman–Crippen LogP) is 3.65. The summed E-state index contributed by atoms with van der Waals surface area (Å²) in [6, 6.07) is 0.706. The van der Waals surface area contributed by atoms with Crippen LogP contribution in [0, 0.1) is 35.0 Å². The zero-order valence-electron chi connectivity index (χ0n) is 12.7. The lowest BCUT2D eigenvalue weighted by Crippen LogP contribution is -2.48. The molecule has 0 aromatic heterocycles. The Hall–Kier alpha value is -0.480. The molecule has 1 saturated heterocycles. The maximum absolute atomic E-state index is 3.37. The highest BCUT2D eigenvalue weighted by Gasteiger charge is 2.41. The van der Waals surface area contributed by atoms with E-state index >= 15 is 0 Å². The summed E-state index contributed by atoms with van der Waals surface area (Å²) < 4.78 is 0. The van der Waals surface area contributed by atoms with E-state index in [0.29, 0.717) is 17.4 Å². The second-order valence-corrected chi connectivity index (χ2v) is 6.55. The molecule has 1 aliphatic rings. The lowest BCUT2D eigenvalue weighted by atomic mass is 9.62. The van der Waals surface area contributed by atoms with Gasteiger partial charge in [-0.25, -0.2) is 0 Å². The highest BCUT2D eigenvalue weighted by Crippen LogP contribution is 2.44. The van der Waals surface area contributed by atoms with Gasteiger partial charge in [0.2, 0.25) is 0 Å². The van der Waals surface area contributed by atoms with E-state index in [0.717, 1.165) is 11.8 Å². The van der Waals surface area contributed by atoms with Gasteiger partial charge in [-0.05, 0) is 44.6 Å². The van der Waals surface area contributed by atoms with Crippen molar-refractivity contribution in [3.05, 3.63) is 0 Å². The van der Waals surface area contributed by atoms with E-state index in [1.165, 1.54) is 13.0 Å². The average Bonchev–Trinajstić information content (AvgIpc) is 2.23. The van der Waals surface area contributed by atoms with Crippen LogP contribution in [0.4, 0.5) is 0 Å². The Morgan fingerprint density at radius 1 is 1.29 bits per heavy atom. The third-order valence-electron chi connectivity index (χ3n) is 5.04. The molecule has 1 heterocycles. The Bertz CT molecular complexity index is 307. The van der Waals surface area contributed by atoms with Gasteiger partial charge >= 0.3 is 0 Å². The summed E-state index contributed by atoms with van der Waals surface area (Å²) in [6.07, 6.45) is 1.31. The molecule has 98 valence electrons. The Morgan fingerprint density at radius 2 is 1.88 bits per heavy atom. The highest BCUT2D eigenvalue weighted by atomic mass is 15.1. The van der Waals surface area contributed by atoms with Crippen LogP contribution in [0.1, 0.15) is 48.0 Å². The number of hydrogen-bond donors (Lipinski definition) is 0. The number of piperidine rings is 1. The lowest BCUT2D eigenvalue weighted by molar-refractivity contribution is 0.0141. The van der Waals surface area contributed by atoms with Gasteiger partial charge in [0.25, 0.3) is 0 Å². The standard InChI is InChI=1S/C16H29N/c1-8-9-13(3)16(5,6)15-10-14(4)17(7)11-12(15)2/h12-15H,10-11H2,1-7H3. The van der Waals surface area contributed by atoms with E-state index in [2.05, 4.69) is 58.4 Å². The molecule has 0 aromatic carbocycles. The number of nitrogens with zero attached hydrogens (tertiary/aromatic N) is 1. The van der Waals surface area contributed by atoms with E-state index in [1.54, 1.807) is 0 Å². The fourth-order valence-corrected chi connectivity index (χ4v) is 3.30. The van der Waals surface area contributed by atoms with E-state index in [-0.39, 0.29) is 0 Å². The van der Waals surface area contributed by atoms with Crippen LogP contribution in [0.3, 0.4) is 0 Å². The Kier molecular flexibility index (Phi) is 4.67. The van der Waals surface area contributed by atoms with Crippen molar-refractivity contribution >= 4 is 0 Å². The van der Waals surface area contributed by atoms with Crippen LogP contribution in [-0.4, -0.2) is 24.5 Å². The van der Waals surface area contributed by atoms with E-state index in [1.807, 2.05) is 6.92 Å². The molecule has 17 heavy (non-hydrogen) atoms. The predicted molar refractivity (Wildman–Crippen MR) is 75.8 cm³/mol. The van der Waals surface area contributed by atoms with Crippen molar-refractivity contribution in [2.45, 2.75) is 54.0 Å². The van der Waals surface area contributed by atoms with Gasteiger partial charge in [-0.2, -0.15) is 0 Å². The second kappa shape index (κ2) is 5.44. The van der Waals surface area contributed by atoms with E-state index in [4.69, 9.17) is 0 Å². The quantitative estimate of drug-likeness (QED) is 0.660. The zero-order valence-corrected chi connectivity index (χ0v) is 12.7. The molecular weight excluding hydrogens is 206 g/mol. The SMILES string of the molecule is CC#CC(C)C(C)(C)C1CC(C)N(C)CC1C. The molecule has 1 rings (SSSR count). The smallest absolute Gasteiger partial charge is 0.0228 e. The summed E-state index contributed by atoms with van der Waals surface area (Å²) in [5.74, 6) is 8.49. The van der Waals surface area contributed by atoms with Crippen molar-refractivity contribution in [2.24, 2.45) is 23.2 Å². The molecule has 4 unspecified atom stereocenters. The van der Waals surface area contributed by atoms with Crippen molar-refractivity contribution in [1.29, 1.82) is 0 Å². The minimum absolute atomic E-state index is 0.317. The molecule has 0 amide bonds. The van der Waals surface area contributed by atoms with Crippen molar-refractivity contribution in [3.63, 3.8) is 0 Å². The molecule has 1 heteroatoms. The van der Waals surface area contributed by atoms with E-state index in [9.17, 15) is 0 Å². The summed E-state index contributed by atoms with van der Waals surface area (Å²) in [6.45, 7) is 15.0. The van der Waals surface area contributed by atoms with Crippen LogP contribution in [0.25, 0.3) is 0 Å². The largest absolute Gasteiger partial charge is 0.303 e. The van der Waals surface area contributed by atoms with Gasteiger partial charge < -0.3 is 4.90 Å². The molecule has 0 aliphatic carbocycles. The normalized spacial score (nSPS) is 32.8. The number of hydrogen-bond acceptors (Lipinski definition) is 1. The molecule has 0 radical (unpaired) electrons. The summed E-state index contributed by atoms with van der Waals surface area (Å²) >= 11 is 0. The first-order valence-corrected chi connectivity index (χ1v) is 6.93. The van der Waals surface area contributed by atoms with Gasteiger partial charge in [0.1, 0.15) is 0 Å². The van der Waals surface area contributed by atoms with E-state index < -0.39 is 0 Å². The Labute approximate surface area is 108 Å². The molecule has 0 bridgehead atoms. The summed E-state index contributed by atoms with van der Waals surface area (Å²) in [5.41, 5.74) is 0.317. The fourth-order valence-electron chi connectivity index (χ4n) is 3.30. The van der Waals surface area contributed by atoms with Crippen LogP contribution in [0.15, 0.2) is 0 Å². The first kappa shape index (κ1) is 14.6. The topological polar surface area (TPSA) is 3.24 Å². The maximum Gasteiger partial charge on any atom is 0.0228 e. The van der Waals surface area contributed by atoms with Gasteiger partial charge in [-0.15, -0.1) is 5.92 Å². The van der Waals surface area contributed by atoms with Crippen LogP contribution >= 0.6 is 0 Å². The number of rotatable bonds is 2. The third-order valence-corrected chi connectivity index (χ3v) is 5.04. The molecule has 1 nitrogen and oxygen atoms in total. The van der Waals surface area contributed by atoms with Crippen LogP contribution < -0.4 is 0 Å². The Morgan fingerprint density at radius 3 is 2.41 bits per heavy atom. The van der Waals surface area contributed by atoms with Gasteiger partial charge in [0.15, 0.2) is 0 Å². The summed E-state index contributed by atoms with van der Waals surface area (Å²) in [7, 11) is 2.25. The van der Waals surface area contributed by atoms with Crippen LogP contribution in [0.2, 0.25) is 0 Å². The first-order valence-electron chi connectivity index (χ1n) is 6.93. The average molecular weight is 235 g/mol. The van der Waals surface area contributed by atoms with Crippen molar-refractivity contribution in [3.8, 4) is 11.8 Å². The summed E-state index contributed by atoms with van der Waals surface area (Å²) in [4.78, 5) is 2.49. The summed E-state index contributed by atoms with van der Waals surface area (Å²) in [5, 5.41) is 0. The monoisotopic (exact) mass is 235 g/mol. The molecule has 4 atom stereocenters. The molecule has 0 saturated carbocycles. The van der Waals surface area contributed by atoms with Crippen molar-refractivity contribution in [1.82, 2.24) is 4.90 Å². The van der Waals surface area contributed by atoms with Crippen molar-refractivity contribution in [2.75, 3.05) is 13.6 Å². The molecule has 1 aliphatic heterocycles. The Balaban J connectivity index is 2.85. The molecular formula is C16H29N. The molecule has 0 spiro atoms. The lowest BCUT2D eigenvalue weighted by Gasteiger charge is -2.48. The third kappa shape index (κ3) is 3.05. The second-order valence-electron chi connectivity index (χ2n) is 6.55. The molecule has 1 fully saturated rings. The minimum atomic E-state index is 0.317. The minimum Gasteiger partial charge on any atom is -0.303 e. The maximum atomic E-state index is 3.37. The first-order chi connectivity index (χ1) is 7.80.